The molecule has 1 aromatic carbocycles. The maximum absolute atomic E-state index is 12.0. The summed E-state index contributed by atoms with van der Waals surface area (Å²) < 4.78 is 32.7. The lowest BCUT2D eigenvalue weighted by Gasteiger charge is -2.38. The Hall–Kier alpha value is -1.60. The second-order valence-corrected chi connectivity index (χ2v) is 9.22. The van der Waals surface area contributed by atoms with Gasteiger partial charge in [0.25, 0.3) is 0 Å². The standard InChI is InChI=1S/C19H30N2O4S/c1-5-26(23,24)20-19-12-21(15(4)22)11-10-17(19)13-25-18-8-6-16(7-9-18)14(2)3/h6-9,14,17,19-20H,5,10-13H2,1-4H3/t17-,19+/m0/s1. The highest BCUT2D eigenvalue weighted by atomic mass is 32.2. The fourth-order valence-corrected chi connectivity index (χ4v) is 3.98. The predicted molar refractivity (Wildman–Crippen MR) is 103 cm³/mol. The van der Waals surface area contributed by atoms with E-state index in [9.17, 15) is 13.2 Å². The molecule has 26 heavy (non-hydrogen) atoms. The van der Waals surface area contributed by atoms with Gasteiger partial charge in [0.1, 0.15) is 5.75 Å². The van der Waals surface area contributed by atoms with Crippen LogP contribution in [0, 0.1) is 5.92 Å². The number of ether oxygens (including phenoxy) is 1. The van der Waals surface area contributed by atoms with Crippen molar-refractivity contribution in [2.24, 2.45) is 5.92 Å². The zero-order chi connectivity index (χ0) is 19.3. The van der Waals surface area contributed by atoms with Crippen molar-refractivity contribution in [1.29, 1.82) is 0 Å². The molecule has 1 fully saturated rings. The highest BCUT2D eigenvalue weighted by Crippen LogP contribution is 2.23. The van der Waals surface area contributed by atoms with E-state index in [1.165, 1.54) is 12.5 Å². The number of carbonyl (C=O) groups is 1. The SMILES string of the molecule is CCS(=O)(=O)N[C@@H]1CN(C(C)=O)CC[C@H]1COc1ccc(C(C)C)cc1. The van der Waals surface area contributed by atoms with Crippen molar-refractivity contribution in [1.82, 2.24) is 9.62 Å². The van der Waals surface area contributed by atoms with Crippen molar-refractivity contribution in [3.8, 4) is 5.75 Å². The van der Waals surface area contributed by atoms with Crippen LogP contribution < -0.4 is 9.46 Å². The van der Waals surface area contributed by atoms with Crippen LogP contribution in [0.4, 0.5) is 0 Å². The van der Waals surface area contributed by atoms with Gasteiger partial charge in [-0.2, -0.15) is 0 Å². The maximum Gasteiger partial charge on any atom is 0.219 e. The topological polar surface area (TPSA) is 75.7 Å². The van der Waals surface area contributed by atoms with Gasteiger partial charge in [0, 0.05) is 32.0 Å². The first-order valence-corrected chi connectivity index (χ1v) is 10.8. The van der Waals surface area contributed by atoms with Crippen molar-refractivity contribution in [3.05, 3.63) is 29.8 Å². The molecule has 0 saturated carbocycles. The maximum atomic E-state index is 12.0. The summed E-state index contributed by atoms with van der Waals surface area (Å²) in [7, 11) is -3.34. The van der Waals surface area contributed by atoms with Crippen LogP contribution >= 0.6 is 0 Å². The molecule has 0 bridgehead atoms. The fraction of sp³-hybridized carbons (Fsp3) is 0.632. The van der Waals surface area contributed by atoms with Gasteiger partial charge in [-0.25, -0.2) is 13.1 Å². The Labute approximate surface area is 157 Å². The first kappa shape index (κ1) is 20.7. The average molecular weight is 383 g/mol. The Bertz CT molecular complexity index is 701. The fourth-order valence-electron chi connectivity index (χ4n) is 3.09. The number of hydrogen-bond acceptors (Lipinski definition) is 4. The minimum absolute atomic E-state index is 0.0216. The summed E-state index contributed by atoms with van der Waals surface area (Å²) in [5.74, 6) is 1.26. The molecular weight excluding hydrogens is 352 g/mol. The molecule has 2 atom stereocenters. The lowest BCUT2D eigenvalue weighted by atomic mass is 9.93. The Morgan fingerprint density at radius 3 is 2.50 bits per heavy atom. The van der Waals surface area contributed by atoms with E-state index in [0.29, 0.717) is 32.0 Å². The van der Waals surface area contributed by atoms with Crippen molar-refractivity contribution in [3.63, 3.8) is 0 Å². The lowest BCUT2D eigenvalue weighted by molar-refractivity contribution is -0.130. The molecule has 1 aliphatic rings. The number of hydrogen-bond donors (Lipinski definition) is 1. The largest absolute Gasteiger partial charge is 0.493 e. The summed E-state index contributed by atoms with van der Waals surface area (Å²) in [6.45, 7) is 8.83. The average Bonchev–Trinajstić information content (AvgIpc) is 2.60. The second-order valence-electron chi connectivity index (χ2n) is 7.18. The molecule has 7 heteroatoms. The van der Waals surface area contributed by atoms with Crippen molar-refractivity contribution >= 4 is 15.9 Å². The summed E-state index contributed by atoms with van der Waals surface area (Å²) in [4.78, 5) is 13.4. The van der Waals surface area contributed by atoms with E-state index < -0.39 is 10.0 Å². The van der Waals surface area contributed by atoms with Crippen LogP contribution in [-0.4, -0.2) is 50.7 Å². The molecule has 2 rings (SSSR count). The van der Waals surface area contributed by atoms with Crippen molar-refractivity contribution in [2.45, 2.75) is 46.1 Å². The number of nitrogens with one attached hydrogen (secondary N) is 1. The van der Waals surface area contributed by atoms with Gasteiger partial charge in [0.2, 0.25) is 15.9 Å². The molecule has 1 aromatic rings. The smallest absolute Gasteiger partial charge is 0.219 e. The van der Waals surface area contributed by atoms with Crippen LogP contribution in [0.1, 0.15) is 45.6 Å². The molecule has 1 N–H and O–H groups in total. The van der Waals surface area contributed by atoms with E-state index in [1.807, 2.05) is 12.1 Å². The Morgan fingerprint density at radius 1 is 1.31 bits per heavy atom. The number of piperidine rings is 1. The highest BCUT2D eigenvalue weighted by Gasteiger charge is 2.33. The number of likely N-dealkylation sites (tertiary alicyclic amines) is 1. The second kappa shape index (κ2) is 8.86. The number of amides is 1. The third-order valence-electron chi connectivity index (χ3n) is 4.92. The van der Waals surface area contributed by atoms with Crippen molar-refractivity contribution in [2.75, 3.05) is 25.4 Å². The zero-order valence-electron chi connectivity index (χ0n) is 16.1. The minimum atomic E-state index is -3.34. The van der Waals surface area contributed by atoms with Gasteiger partial charge in [0.15, 0.2) is 0 Å². The van der Waals surface area contributed by atoms with Gasteiger partial charge in [-0.3, -0.25) is 4.79 Å². The first-order chi connectivity index (χ1) is 12.2. The van der Waals surface area contributed by atoms with Crippen LogP contribution in [0.2, 0.25) is 0 Å². The summed E-state index contributed by atoms with van der Waals surface area (Å²) in [5, 5.41) is 0. The van der Waals surface area contributed by atoms with Crippen molar-refractivity contribution < 1.29 is 17.9 Å². The van der Waals surface area contributed by atoms with Gasteiger partial charge >= 0.3 is 0 Å². The third-order valence-corrected chi connectivity index (χ3v) is 6.35. The quantitative estimate of drug-likeness (QED) is 0.785. The van der Waals surface area contributed by atoms with E-state index >= 15 is 0 Å². The number of benzene rings is 1. The van der Waals surface area contributed by atoms with E-state index in [2.05, 4.69) is 30.7 Å². The van der Waals surface area contributed by atoms with Crippen LogP contribution in [0.3, 0.4) is 0 Å². The molecule has 1 heterocycles. The van der Waals surface area contributed by atoms with E-state index in [0.717, 1.165) is 5.75 Å². The zero-order valence-corrected chi connectivity index (χ0v) is 16.9. The highest BCUT2D eigenvalue weighted by molar-refractivity contribution is 7.89. The van der Waals surface area contributed by atoms with Gasteiger partial charge < -0.3 is 9.64 Å². The molecule has 0 radical (unpaired) electrons. The normalized spacial score (nSPS) is 21.0. The van der Waals surface area contributed by atoms with Gasteiger partial charge in [-0.1, -0.05) is 26.0 Å². The first-order valence-electron chi connectivity index (χ1n) is 9.20. The Balaban J connectivity index is 2.03. The molecule has 1 saturated heterocycles. The van der Waals surface area contributed by atoms with E-state index in [-0.39, 0.29) is 23.6 Å². The summed E-state index contributed by atoms with van der Waals surface area (Å²) in [6.07, 6.45) is 0.709. The van der Waals surface area contributed by atoms with Crippen LogP contribution in [0.15, 0.2) is 24.3 Å². The Morgan fingerprint density at radius 2 is 1.96 bits per heavy atom. The molecule has 146 valence electrons. The van der Waals surface area contributed by atoms with E-state index in [1.54, 1.807) is 11.8 Å². The monoisotopic (exact) mass is 382 g/mol. The molecule has 0 aromatic heterocycles. The molecule has 1 amide bonds. The Kier molecular flexibility index (Phi) is 7.06. The number of carbonyl (C=O) groups excluding carboxylic acids is 1. The van der Waals surface area contributed by atoms with E-state index in [4.69, 9.17) is 4.74 Å². The van der Waals surface area contributed by atoms with Crippen LogP contribution in [0.25, 0.3) is 0 Å². The number of sulfonamides is 1. The van der Waals surface area contributed by atoms with Crippen LogP contribution in [-0.2, 0) is 14.8 Å². The van der Waals surface area contributed by atoms with Gasteiger partial charge in [0.05, 0.1) is 12.4 Å². The van der Waals surface area contributed by atoms with Crippen LogP contribution in [0.5, 0.6) is 5.75 Å². The molecule has 1 aliphatic heterocycles. The number of rotatable bonds is 7. The molecule has 6 nitrogen and oxygen atoms in total. The predicted octanol–water partition coefficient (Wildman–Crippen LogP) is 2.37. The third kappa shape index (κ3) is 5.71. The molecule has 0 aliphatic carbocycles. The number of nitrogens with zero attached hydrogens (tertiary/aromatic N) is 1. The summed E-state index contributed by atoms with van der Waals surface area (Å²) >= 11 is 0. The molecule has 0 unspecified atom stereocenters. The minimum Gasteiger partial charge on any atom is -0.493 e. The van der Waals surface area contributed by atoms with Gasteiger partial charge in [-0.05, 0) is 37.0 Å². The lowest BCUT2D eigenvalue weighted by Crippen LogP contribution is -2.55. The molecule has 0 spiro atoms. The molecular formula is C19H30N2O4S. The van der Waals surface area contributed by atoms with Gasteiger partial charge in [-0.15, -0.1) is 0 Å². The summed E-state index contributed by atoms with van der Waals surface area (Å²) in [6, 6.07) is 7.68. The summed E-state index contributed by atoms with van der Waals surface area (Å²) in [5.41, 5.74) is 1.25.